The first kappa shape index (κ1) is 13.5. The van der Waals surface area contributed by atoms with Gasteiger partial charge in [0.2, 0.25) is 0 Å². The fourth-order valence-electron chi connectivity index (χ4n) is 2.68. The zero-order valence-corrected chi connectivity index (χ0v) is 10.8. The second-order valence-corrected chi connectivity index (χ2v) is 5.07. The van der Waals surface area contributed by atoms with Crippen LogP contribution in [-0.4, -0.2) is 35.1 Å². The van der Waals surface area contributed by atoms with Crippen LogP contribution in [0.3, 0.4) is 0 Å². The van der Waals surface area contributed by atoms with E-state index in [2.05, 4.69) is 25.8 Å². The topological polar surface area (TPSA) is 40.5 Å². The molecule has 3 heteroatoms. The van der Waals surface area contributed by atoms with Crippen molar-refractivity contribution < 1.29 is 9.90 Å². The van der Waals surface area contributed by atoms with Crippen LogP contribution in [0.4, 0.5) is 0 Å². The monoisotopic (exact) mass is 227 g/mol. The van der Waals surface area contributed by atoms with Crippen molar-refractivity contribution in [3.63, 3.8) is 0 Å². The molecule has 16 heavy (non-hydrogen) atoms. The van der Waals surface area contributed by atoms with Crippen molar-refractivity contribution in [3.8, 4) is 0 Å². The van der Waals surface area contributed by atoms with Crippen LogP contribution in [0, 0.1) is 5.92 Å². The van der Waals surface area contributed by atoms with Gasteiger partial charge in [-0.1, -0.05) is 26.2 Å². The highest BCUT2D eigenvalue weighted by Gasteiger charge is 2.33. The number of carboxylic acid groups (broad SMARTS) is 1. The Morgan fingerprint density at radius 1 is 1.38 bits per heavy atom. The highest BCUT2D eigenvalue weighted by atomic mass is 16.4. The fraction of sp³-hybridized carbons (Fsp3) is 0.923. The molecule has 1 fully saturated rings. The van der Waals surface area contributed by atoms with Crippen molar-refractivity contribution in [1.29, 1.82) is 0 Å². The minimum Gasteiger partial charge on any atom is -0.481 e. The number of carboxylic acids is 1. The van der Waals surface area contributed by atoms with E-state index >= 15 is 0 Å². The number of nitrogens with zero attached hydrogens (tertiary/aromatic N) is 1. The van der Waals surface area contributed by atoms with E-state index in [0.717, 1.165) is 25.7 Å². The summed E-state index contributed by atoms with van der Waals surface area (Å²) in [4.78, 5) is 13.6. The maximum absolute atomic E-state index is 11.3. The first-order chi connectivity index (χ1) is 7.57. The van der Waals surface area contributed by atoms with Gasteiger partial charge in [0, 0.05) is 12.1 Å². The molecule has 0 spiro atoms. The molecule has 0 aliphatic heterocycles. The Morgan fingerprint density at radius 3 is 2.56 bits per heavy atom. The third kappa shape index (κ3) is 3.21. The van der Waals surface area contributed by atoms with Crippen molar-refractivity contribution >= 4 is 5.97 Å². The average Bonchev–Trinajstić information content (AvgIpc) is 2.52. The Labute approximate surface area is 98.8 Å². The van der Waals surface area contributed by atoms with Crippen LogP contribution in [0.2, 0.25) is 0 Å². The van der Waals surface area contributed by atoms with Crippen molar-refractivity contribution in [2.24, 2.45) is 5.92 Å². The molecule has 1 N–H and O–H groups in total. The Balaban J connectivity index is 2.74. The summed E-state index contributed by atoms with van der Waals surface area (Å²) < 4.78 is 0. The molecule has 3 nitrogen and oxygen atoms in total. The number of hydrogen-bond acceptors (Lipinski definition) is 2. The molecule has 0 aromatic heterocycles. The van der Waals surface area contributed by atoms with Crippen LogP contribution in [0.15, 0.2) is 0 Å². The number of aliphatic carboxylic acids is 1. The smallest absolute Gasteiger partial charge is 0.308 e. The van der Waals surface area contributed by atoms with Crippen LogP contribution in [-0.2, 0) is 4.79 Å². The van der Waals surface area contributed by atoms with Gasteiger partial charge in [-0.05, 0) is 33.2 Å². The SMILES string of the molecule is CCC(C)N(C)C1CCCCCC1C(=O)O. The molecule has 3 atom stereocenters. The van der Waals surface area contributed by atoms with Crippen molar-refractivity contribution in [1.82, 2.24) is 4.90 Å². The molecule has 0 bridgehead atoms. The molecule has 0 aromatic carbocycles. The van der Waals surface area contributed by atoms with Gasteiger partial charge in [0.05, 0.1) is 5.92 Å². The molecular weight excluding hydrogens is 202 g/mol. The van der Waals surface area contributed by atoms with Gasteiger partial charge in [0.25, 0.3) is 0 Å². The van der Waals surface area contributed by atoms with Crippen LogP contribution < -0.4 is 0 Å². The highest BCUT2D eigenvalue weighted by Crippen LogP contribution is 2.28. The van der Waals surface area contributed by atoms with Crippen molar-refractivity contribution in [2.75, 3.05) is 7.05 Å². The van der Waals surface area contributed by atoms with Gasteiger partial charge in [-0.25, -0.2) is 0 Å². The van der Waals surface area contributed by atoms with E-state index in [-0.39, 0.29) is 12.0 Å². The van der Waals surface area contributed by atoms with E-state index in [0.29, 0.717) is 6.04 Å². The lowest BCUT2D eigenvalue weighted by molar-refractivity contribution is -0.144. The summed E-state index contributed by atoms with van der Waals surface area (Å²) in [6, 6.07) is 0.708. The molecule has 0 amide bonds. The lowest BCUT2D eigenvalue weighted by atomic mass is 9.92. The van der Waals surface area contributed by atoms with E-state index in [1.54, 1.807) is 0 Å². The number of carbonyl (C=O) groups is 1. The Morgan fingerprint density at radius 2 is 2.00 bits per heavy atom. The molecule has 0 aromatic rings. The standard InChI is InChI=1S/C13H25NO2/c1-4-10(2)14(3)12-9-7-5-6-8-11(12)13(15)16/h10-12H,4-9H2,1-3H3,(H,15,16). The molecule has 1 aliphatic rings. The summed E-state index contributed by atoms with van der Waals surface area (Å²) in [6.07, 6.45) is 6.41. The second-order valence-electron chi connectivity index (χ2n) is 5.07. The molecule has 0 saturated heterocycles. The normalized spacial score (nSPS) is 28.8. The van der Waals surface area contributed by atoms with Crippen LogP contribution >= 0.6 is 0 Å². The zero-order chi connectivity index (χ0) is 12.1. The summed E-state index contributed by atoms with van der Waals surface area (Å²) in [6.45, 7) is 4.34. The maximum atomic E-state index is 11.3. The first-order valence-corrected chi connectivity index (χ1v) is 6.52. The lowest BCUT2D eigenvalue weighted by Crippen LogP contribution is -2.45. The first-order valence-electron chi connectivity index (χ1n) is 6.52. The summed E-state index contributed by atoms with van der Waals surface area (Å²) in [5, 5.41) is 9.31. The third-order valence-electron chi connectivity index (χ3n) is 4.11. The Hall–Kier alpha value is -0.570. The maximum Gasteiger partial charge on any atom is 0.308 e. The number of hydrogen-bond donors (Lipinski definition) is 1. The second kappa shape index (κ2) is 6.24. The quantitative estimate of drug-likeness (QED) is 0.751. The Kier molecular flexibility index (Phi) is 5.26. The molecule has 1 rings (SSSR count). The van der Waals surface area contributed by atoms with Gasteiger partial charge in [-0.2, -0.15) is 0 Å². The molecule has 1 saturated carbocycles. The van der Waals surface area contributed by atoms with E-state index in [4.69, 9.17) is 0 Å². The van der Waals surface area contributed by atoms with E-state index in [1.807, 2.05) is 0 Å². The molecular formula is C13H25NO2. The Bertz CT molecular complexity index is 230. The molecule has 0 radical (unpaired) electrons. The van der Waals surface area contributed by atoms with Gasteiger partial charge < -0.3 is 5.11 Å². The molecule has 0 heterocycles. The third-order valence-corrected chi connectivity index (χ3v) is 4.11. The summed E-state index contributed by atoms with van der Waals surface area (Å²) in [5.74, 6) is -0.774. The van der Waals surface area contributed by atoms with Crippen LogP contribution in [0.5, 0.6) is 0 Å². The molecule has 1 aliphatic carbocycles. The summed E-state index contributed by atoms with van der Waals surface area (Å²) in [7, 11) is 2.08. The average molecular weight is 227 g/mol. The minimum atomic E-state index is -0.609. The van der Waals surface area contributed by atoms with Gasteiger partial charge >= 0.3 is 5.97 Å². The van der Waals surface area contributed by atoms with E-state index < -0.39 is 5.97 Å². The largest absolute Gasteiger partial charge is 0.481 e. The van der Waals surface area contributed by atoms with Crippen molar-refractivity contribution in [3.05, 3.63) is 0 Å². The van der Waals surface area contributed by atoms with E-state index in [1.165, 1.54) is 12.8 Å². The van der Waals surface area contributed by atoms with Crippen LogP contribution in [0.1, 0.15) is 52.4 Å². The summed E-state index contributed by atoms with van der Waals surface area (Å²) in [5.41, 5.74) is 0. The fourth-order valence-corrected chi connectivity index (χ4v) is 2.68. The van der Waals surface area contributed by atoms with Gasteiger partial charge in [-0.15, -0.1) is 0 Å². The van der Waals surface area contributed by atoms with E-state index in [9.17, 15) is 9.90 Å². The van der Waals surface area contributed by atoms with Crippen molar-refractivity contribution in [2.45, 2.75) is 64.5 Å². The predicted molar refractivity (Wildman–Crippen MR) is 65.5 cm³/mol. The minimum absolute atomic E-state index is 0.165. The highest BCUT2D eigenvalue weighted by molar-refractivity contribution is 5.70. The van der Waals surface area contributed by atoms with Gasteiger partial charge in [0.15, 0.2) is 0 Å². The van der Waals surface area contributed by atoms with Crippen LogP contribution in [0.25, 0.3) is 0 Å². The summed E-state index contributed by atoms with van der Waals surface area (Å²) >= 11 is 0. The molecule has 94 valence electrons. The lowest BCUT2D eigenvalue weighted by Gasteiger charge is -2.35. The predicted octanol–water partition coefficient (Wildman–Crippen LogP) is 2.75. The molecule has 3 unspecified atom stereocenters. The zero-order valence-electron chi connectivity index (χ0n) is 10.8. The van der Waals surface area contributed by atoms with Gasteiger partial charge in [0.1, 0.15) is 0 Å². The van der Waals surface area contributed by atoms with Gasteiger partial charge in [-0.3, -0.25) is 9.69 Å². The number of rotatable bonds is 4.